The Bertz CT molecular complexity index is 510. The van der Waals surface area contributed by atoms with E-state index in [4.69, 9.17) is 5.26 Å². The van der Waals surface area contributed by atoms with Crippen molar-refractivity contribution >= 4 is 34.1 Å². The fourth-order valence-electron chi connectivity index (χ4n) is 1.12. The van der Waals surface area contributed by atoms with Gasteiger partial charge in [0, 0.05) is 10.1 Å². The predicted octanol–water partition coefficient (Wildman–Crippen LogP) is 3.20. The van der Waals surface area contributed by atoms with Gasteiger partial charge in [0.05, 0.1) is 16.5 Å². The average Bonchev–Trinajstić information content (AvgIpc) is 2.42. The maximum Gasteiger partial charge on any atom is 0.190 e. The minimum Gasteiger partial charge on any atom is -0.194 e. The van der Waals surface area contributed by atoms with E-state index in [0.717, 1.165) is 21.4 Å². The molecule has 0 spiro atoms. The fourth-order valence-corrected chi connectivity index (χ4v) is 2.40. The molecule has 1 heterocycles. The van der Waals surface area contributed by atoms with E-state index in [1.54, 1.807) is 18.2 Å². The number of hydrogen-bond donors (Lipinski definition) is 1. The number of benzene rings is 1. The number of halogens is 1. The highest BCUT2D eigenvalue weighted by atomic mass is 32.1. The second-order valence-corrected chi connectivity index (χ2v) is 4.00. The van der Waals surface area contributed by atoms with Crippen molar-refractivity contribution in [2.24, 2.45) is 0 Å². The summed E-state index contributed by atoms with van der Waals surface area (Å²) in [5.41, 5.74) is 0.544. The van der Waals surface area contributed by atoms with Gasteiger partial charge in [0.1, 0.15) is 0 Å². The van der Waals surface area contributed by atoms with Gasteiger partial charge in [0.2, 0.25) is 0 Å². The van der Waals surface area contributed by atoms with Crippen LogP contribution in [0, 0.1) is 16.5 Å². The summed E-state index contributed by atoms with van der Waals surface area (Å²) in [6, 6.07) is 7.06. The van der Waals surface area contributed by atoms with Crippen molar-refractivity contribution in [3.63, 3.8) is 0 Å². The summed E-state index contributed by atoms with van der Waals surface area (Å²) >= 11 is 5.05. The molecule has 1 aromatic heterocycles. The minimum absolute atomic E-state index is 0.298. The van der Waals surface area contributed by atoms with Crippen molar-refractivity contribution < 1.29 is 4.39 Å². The number of fused-ring (bicyclic) bond motifs is 1. The molecule has 13 heavy (non-hydrogen) atoms. The Kier molecular flexibility index (Phi) is 1.98. The first-order valence-electron chi connectivity index (χ1n) is 3.53. The number of thiophene rings is 1. The molecule has 0 saturated carbocycles. The van der Waals surface area contributed by atoms with E-state index in [-0.39, 0.29) is 5.13 Å². The van der Waals surface area contributed by atoms with Gasteiger partial charge in [-0.15, -0.1) is 24.0 Å². The second-order valence-electron chi connectivity index (χ2n) is 2.55. The third kappa shape index (κ3) is 1.30. The smallest absolute Gasteiger partial charge is 0.190 e. The SMILES string of the molecule is N#Cc1ccc2c(S)c(F)sc2c1. The molecule has 0 bridgehead atoms. The number of rotatable bonds is 0. The van der Waals surface area contributed by atoms with Crippen LogP contribution in [0.2, 0.25) is 0 Å². The van der Waals surface area contributed by atoms with Crippen LogP contribution in [-0.4, -0.2) is 0 Å². The molecule has 0 fully saturated rings. The van der Waals surface area contributed by atoms with Crippen LogP contribution in [0.4, 0.5) is 4.39 Å². The van der Waals surface area contributed by atoms with Crippen LogP contribution in [-0.2, 0) is 0 Å². The molecule has 1 nitrogen and oxygen atoms in total. The zero-order valence-corrected chi connectivity index (χ0v) is 8.12. The average molecular weight is 209 g/mol. The van der Waals surface area contributed by atoms with Gasteiger partial charge in [-0.05, 0) is 12.1 Å². The summed E-state index contributed by atoms with van der Waals surface area (Å²) in [5.74, 6) is 0. The van der Waals surface area contributed by atoms with E-state index in [2.05, 4.69) is 12.6 Å². The standard InChI is InChI=1S/C9H4FNS2/c10-9-8(12)6-2-1-5(4-11)3-7(6)13-9/h1-3,12H. The van der Waals surface area contributed by atoms with Crippen LogP contribution >= 0.6 is 24.0 Å². The first kappa shape index (κ1) is 8.54. The van der Waals surface area contributed by atoms with Gasteiger partial charge in [0.15, 0.2) is 5.13 Å². The lowest BCUT2D eigenvalue weighted by Gasteiger charge is -1.90. The van der Waals surface area contributed by atoms with Gasteiger partial charge in [-0.2, -0.15) is 9.65 Å². The first-order chi connectivity index (χ1) is 6.22. The zero-order valence-electron chi connectivity index (χ0n) is 6.41. The lowest BCUT2D eigenvalue weighted by atomic mass is 10.2. The van der Waals surface area contributed by atoms with Gasteiger partial charge in [-0.25, -0.2) is 0 Å². The van der Waals surface area contributed by atoms with Crippen molar-refractivity contribution in [1.29, 1.82) is 5.26 Å². The fraction of sp³-hybridized carbons (Fsp3) is 0. The van der Waals surface area contributed by atoms with Crippen LogP contribution in [0.3, 0.4) is 0 Å². The molecule has 4 heteroatoms. The lowest BCUT2D eigenvalue weighted by molar-refractivity contribution is 0.636. The molecule has 64 valence electrons. The Morgan fingerprint density at radius 2 is 2.23 bits per heavy atom. The number of hydrogen-bond acceptors (Lipinski definition) is 3. The summed E-state index contributed by atoms with van der Waals surface area (Å²) < 4.78 is 13.8. The second kappa shape index (κ2) is 3.02. The first-order valence-corrected chi connectivity index (χ1v) is 4.80. The molecule has 0 radical (unpaired) electrons. The van der Waals surface area contributed by atoms with Gasteiger partial charge in [-0.3, -0.25) is 0 Å². The van der Waals surface area contributed by atoms with Crippen molar-refractivity contribution in [2.45, 2.75) is 4.90 Å². The summed E-state index contributed by atoms with van der Waals surface area (Å²) in [6.45, 7) is 0. The lowest BCUT2D eigenvalue weighted by Crippen LogP contribution is -1.71. The third-order valence-corrected chi connectivity index (χ3v) is 3.28. The molecule has 0 atom stereocenters. The van der Waals surface area contributed by atoms with E-state index in [9.17, 15) is 4.39 Å². The molecule has 0 aliphatic rings. The van der Waals surface area contributed by atoms with Crippen molar-refractivity contribution in [2.75, 3.05) is 0 Å². The molecule has 1 aromatic carbocycles. The molecular formula is C9H4FNS2. The van der Waals surface area contributed by atoms with Gasteiger partial charge < -0.3 is 0 Å². The highest BCUT2D eigenvalue weighted by Gasteiger charge is 2.08. The molecular weight excluding hydrogens is 205 g/mol. The Morgan fingerprint density at radius 1 is 1.46 bits per heavy atom. The highest BCUT2D eigenvalue weighted by molar-refractivity contribution is 7.80. The summed E-state index contributed by atoms with van der Waals surface area (Å²) in [7, 11) is 0. The van der Waals surface area contributed by atoms with E-state index in [0.29, 0.717) is 10.5 Å². The Labute approximate surface area is 83.8 Å². The summed E-state index contributed by atoms with van der Waals surface area (Å²) in [5, 5.41) is 9.09. The van der Waals surface area contributed by atoms with Gasteiger partial charge in [0.25, 0.3) is 0 Å². The quantitative estimate of drug-likeness (QED) is 0.662. The summed E-state index contributed by atoms with van der Waals surface area (Å²) in [6.07, 6.45) is 0. The largest absolute Gasteiger partial charge is 0.194 e. The molecule has 2 aromatic rings. The Hall–Kier alpha value is -1.05. The van der Waals surface area contributed by atoms with Crippen LogP contribution in [0.15, 0.2) is 23.1 Å². The maximum absolute atomic E-state index is 13.0. The van der Waals surface area contributed by atoms with Gasteiger partial charge >= 0.3 is 0 Å². The monoisotopic (exact) mass is 209 g/mol. The Balaban J connectivity index is 2.82. The van der Waals surface area contributed by atoms with Crippen LogP contribution in [0.1, 0.15) is 5.56 Å². The normalized spacial score (nSPS) is 10.2. The van der Waals surface area contributed by atoms with E-state index < -0.39 is 0 Å². The number of thiol groups is 1. The topological polar surface area (TPSA) is 23.8 Å². The number of nitriles is 1. The van der Waals surface area contributed by atoms with Crippen LogP contribution in [0.25, 0.3) is 10.1 Å². The van der Waals surface area contributed by atoms with E-state index >= 15 is 0 Å². The van der Waals surface area contributed by atoms with E-state index in [1.165, 1.54) is 0 Å². The van der Waals surface area contributed by atoms with E-state index in [1.807, 2.05) is 6.07 Å². The van der Waals surface area contributed by atoms with Crippen LogP contribution < -0.4 is 0 Å². The zero-order chi connectivity index (χ0) is 9.42. The highest BCUT2D eigenvalue weighted by Crippen LogP contribution is 2.32. The van der Waals surface area contributed by atoms with Crippen molar-refractivity contribution in [1.82, 2.24) is 0 Å². The van der Waals surface area contributed by atoms with Crippen LogP contribution in [0.5, 0.6) is 0 Å². The third-order valence-electron chi connectivity index (χ3n) is 1.75. The van der Waals surface area contributed by atoms with Gasteiger partial charge in [-0.1, -0.05) is 6.07 Å². The Morgan fingerprint density at radius 3 is 2.92 bits per heavy atom. The van der Waals surface area contributed by atoms with Crippen molar-refractivity contribution in [3.8, 4) is 6.07 Å². The molecule has 2 rings (SSSR count). The minimum atomic E-state index is -0.298. The maximum atomic E-state index is 13.0. The molecule has 0 unspecified atom stereocenters. The molecule has 0 amide bonds. The molecule has 0 saturated heterocycles. The van der Waals surface area contributed by atoms with Crippen molar-refractivity contribution in [3.05, 3.63) is 28.9 Å². The summed E-state index contributed by atoms with van der Waals surface area (Å²) in [4.78, 5) is 0.365. The number of nitrogens with zero attached hydrogens (tertiary/aromatic N) is 1. The molecule has 0 aliphatic carbocycles. The predicted molar refractivity (Wildman–Crippen MR) is 53.8 cm³/mol. The molecule has 0 N–H and O–H groups in total. The molecule has 0 aliphatic heterocycles.